The lowest BCUT2D eigenvalue weighted by molar-refractivity contribution is -0.119. The van der Waals surface area contributed by atoms with Crippen LogP contribution in [0.3, 0.4) is 0 Å². The molecule has 2 amide bonds. The van der Waals surface area contributed by atoms with E-state index >= 15 is 0 Å². The van der Waals surface area contributed by atoms with Gasteiger partial charge < -0.3 is 25.4 Å². The van der Waals surface area contributed by atoms with Gasteiger partial charge in [-0.25, -0.2) is 0 Å². The maximum Gasteiger partial charge on any atom is 0.304 e. The molecule has 3 heterocycles. The summed E-state index contributed by atoms with van der Waals surface area (Å²) in [6.07, 6.45) is 0. The fraction of sp³-hybridized carbons (Fsp3) is 0.167. The summed E-state index contributed by atoms with van der Waals surface area (Å²) in [5, 5.41) is 14.9. The molecule has 5 rings (SSSR count). The number of carbonyl (C=O) groups is 2. The largest absolute Gasteiger partial charge is 0.436 e. The molecule has 0 spiro atoms. The fourth-order valence-corrected chi connectivity index (χ4v) is 3.76. The zero-order chi connectivity index (χ0) is 25.2. The van der Waals surface area contributed by atoms with E-state index in [1.54, 1.807) is 6.07 Å². The normalized spacial score (nSPS) is 16.6. The predicted octanol–water partition coefficient (Wildman–Crippen LogP) is 0.464. The number of nitrogens with two attached hydrogens (primary N) is 1. The summed E-state index contributed by atoms with van der Waals surface area (Å²) in [6.45, 7) is 1.46. The van der Waals surface area contributed by atoms with Crippen molar-refractivity contribution in [3.63, 3.8) is 0 Å². The first-order chi connectivity index (χ1) is 17.4. The van der Waals surface area contributed by atoms with E-state index in [0.29, 0.717) is 5.75 Å². The average molecular weight is 484 g/mol. The number of amides is 2. The lowest BCUT2D eigenvalue weighted by Gasteiger charge is -2.25. The van der Waals surface area contributed by atoms with Crippen LogP contribution in [-0.4, -0.2) is 61.1 Å². The second kappa shape index (κ2) is 9.22. The van der Waals surface area contributed by atoms with Gasteiger partial charge in [0.15, 0.2) is 5.84 Å². The number of nitrogens with zero attached hydrogens (tertiary/aromatic N) is 5. The quantitative estimate of drug-likeness (QED) is 0.554. The Kier molecular flexibility index (Phi) is 5.79. The topological polar surface area (TPSA) is 167 Å². The van der Waals surface area contributed by atoms with Gasteiger partial charge >= 0.3 is 6.02 Å². The molecule has 12 nitrogen and oxygen atoms in total. The Hall–Kier alpha value is -5.18. The van der Waals surface area contributed by atoms with Gasteiger partial charge in [0.2, 0.25) is 5.91 Å². The Morgan fingerprint density at radius 3 is 2.78 bits per heavy atom. The highest BCUT2D eigenvalue weighted by Crippen LogP contribution is 2.26. The van der Waals surface area contributed by atoms with Crippen molar-refractivity contribution in [2.75, 3.05) is 26.7 Å². The van der Waals surface area contributed by atoms with Gasteiger partial charge in [-0.2, -0.15) is 10.3 Å². The van der Waals surface area contributed by atoms with Crippen molar-refractivity contribution in [2.24, 2.45) is 20.7 Å². The lowest BCUT2D eigenvalue weighted by atomic mass is 10.1. The maximum absolute atomic E-state index is 12.0. The minimum atomic E-state index is -0.757. The van der Waals surface area contributed by atoms with E-state index in [9.17, 15) is 14.9 Å². The third kappa shape index (κ3) is 4.45. The SMILES string of the molecule is CN1CCN=C1c1cccc(OC2=NC(Oc3cc(C#N)ccc3C(N)=O)=C3NC(=O)CN=C3N2)c1. The van der Waals surface area contributed by atoms with Crippen LogP contribution in [0.4, 0.5) is 0 Å². The van der Waals surface area contributed by atoms with E-state index in [1.165, 1.54) is 18.2 Å². The number of nitrogens with one attached hydrogen (secondary N) is 2. The molecule has 180 valence electrons. The molecule has 0 saturated heterocycles. The molecule has 2 aromatic rings. The van der Waals surface area contributed by atoms with Crippen LogP contribution in [0, 0.1) is 11.3 Å². The van der Waals surface area contributed by atoms with Crippen LogP contribution in [-0.2, 0) is 4.79 Å². The second-order valence-corrected chi connectivity index (χ2v) is 7.98. The van der Waals surface area contributed by atoms with Crippen LogP contribution < -0.4 is 25.8 Å². The smallest absolute Gasteiger partial charge is 0.304 e. The molecule has 2 aromatic carbocycles. The van der Waals surface area contributed by atoms with Crippen LogP contribution in [0.2, 0.25) is 0 Å². The fourth-order valence-electron chi connectivity index (χ4n) is 3.76. The number of likely N-dealkylation sites (N-methyl/N-ethyl adjacent to an activating group) is 1. The minimum Gasteiger partial charge on any atom is -0.436 e. The van der Waals surface area contributed by atoms with Gasteiger partial charge in [0.05, 0.1) is 23.7 Å². The lowest BCUT2D eigenvalue weighted by Crippen LogP contribution is -2.48. The third-order valence-electron chi connectivity index (χ3n) is 5.47. The van der Waals surface area contributed by atoms with Gasteiger partial charge in [-0.15, -0.1) is 0 Å². The molecule has 3 aliphatic heterocycles. The molecule has 0 atom stereocenters. The Labute approximate surface area is 205 Å². The number of aliphatic imine (C=N–C) groups is 3. The number of carbonyl (C=O) groups excluding carboxylic acids is 2. The van der Waals surface area contributed by atoms with E-state index < -0.39 is 5.91 Å². The van der Waals surface area contributed by atoms with Crippen molar-refractivity contribution in [1.82, 2.24) is 15.5 Å². The number of hydrogen-bond acceptors (Lipinski definition) is 10. The molecule has 0 saturated carbocycles. The maximum atomic E-state index is 12.0. The van der Waals surface area contributed by atoms with Crippen molar-refractivity contribution in [2.45, 2.75) is 0 Å². The number of fused-ring (bicyclic) bond motifs is 1. The van der Waals surface area contributed by atoms with Gasteiger partial charge in [0.25, 0.3) is 11.8 Å². The van der Waals surface area contributed by atoms with E-state index in [-0.39, 0.29) is 52.8 Å². The zero-order valence-electron chi connectivity index (χ0n) is 19.1. The first-order valence-electron chi connectivity index (χ1n) is 10.9. The molecule has 3 aliphatic rings. The van der Waals surface area contributed by atoms with E-state index in [1.807, 2.05) is 31.3 Å². The number of nitriles is 1. The monoisotopic (exact) mass is 484 g/mol. The van der Waals surface area contributed by atoms with Crippen molar-refractivity contribution >= 4 is 29.5 Å². The van der Waals surface area contributed by atoms with Crippen LogP contribution in [0.15, 0.2) is 69.0 Å². The summed E-state index contributed by atoms with van der Waals surface area (Å²) in [6, 6.07) is 13.6. The minimum absolute atomic E-state index is 0.00231. The highest BCUT2D eigenvalue weighted by atomic mass is 16.5. The third-order valence-corrected chi connectivity index (χ3v) is 5.47. The number of rotatable bonds is 5. The van der Waals surface area contributed by atoms with Gasteiger partial charge in [-0.1, -0.05) is 12.1 Å². The Bertz CT molecular complexity index is 1450. The average Bonchev–Trinajstić information content (AvgIpc) is 3.30. The first kappa shape index (κ1) is 22.6. The molecule has 0 aliphatic carbocycles. The van der Waals surface area contributed by atoms with E-state index in [2.05, 4.69) is 30.5 Å². The number of hydrogen-bond donors (Lipinski definition) is 3. The summed E-state index contributed by atoms with van der Waals surface area (Å²) < 4.78 is 11.9. The van der Waals surface area contributed by atoms with Crippen molar-refractivity contribution in [3.05, 3.63) is 70.7 Å². The zero-order valence-corrected chi connectivity index (χ0v) is 19.1. The molecule has 12 heteroatoms. The Balaban J connectivity index is 1.50. The number of benzene rings is 2. The molecule has 0 aromatic heterocycles. The molecule has 0 bridgehead atoms. The highest BCUT2D eigenvalue weighted by Gasteiger charge is 2.29. The Morgan fingerprint density at radius 2 is 2.03 bits per heavy atom. The summed E-state index contributed by atoms with van der Waals surface area (Å²) in [4.78, 5) is 39.1. The summed E-state index contributed by atoms with van der Waals surface area (Å²) in [5.41, 5.74) is 6.80. The summed E-state index contributed by atoms with van der Waals surface area (Å²) >= 11 is 0. The Morgan fingerprint density at radius 1 is 1.17 bits per heavy atom. The molecular weight excluding hydrogens is 464 g/mol. The van der Waals surface area contributed by atoms with E-state index in [0.717, 1.165) is 24.5 Å². The van der Waals surface area contributed by atoms with Crippen LogP contribution in [0.25, 0.3) is 0 Å². The highest BCUT2D eigenvalue weighted by molar-refractivity contribution is 6.13. The van der Waals surface area contributed by atoms with Gasteiger partial charge in [-0.3, -0.25) is 24.9 Å². The molecule has 36 heavy (non-hydrogen) atoms. The van der Waals surface area contributed by atoms with Gasteiger partial charge in [-0.05, 0) is 30.3 Å². The first-order valence-corrected chi connectivity index (χ1v) is 10.9. The summed E-state index contributed by atoms with van der Waals surface area (Å²) in [7, 11) is 1.97. The molecule has 0 radical (unpaired) electrons. The second-order valence-electron chi connectivity index (χ2n) is 7.98. The van der Waals surface area contributed by atoms with Crippen LogP contribution >= 0.6 is 0 Å². The predicted molar refractivity (Wildman–Crippen MR) is 129 cm³/mol. The van der Waals surface area contributed by atoms with Gasteiger partial charge in [0.1, 0.15) is 29.6 Å². The molecule has 0 fully saturated rings. The number of ether oxygens (including phenoxy) is 2. The van der Waals surface area contributed by atoms with Crippen molar-refractivity contribution < 1.29 is 19.1 Å². The summed E-state index contributed by atoms with van der Waals surface area (Å²) in [5.74, 6) is 0.388. The molecular formula is C24H20N8O4. The number of amidine groups is 3. The van der Waals surface area contributed by atoms with Crippen molar-refractivity contribution in [3.8, 4) is 17.6 Å². The van der Waals surface area contributed by atoms with Gasteiger partial charge in [0, 0.05) is 19.2 Å². The van der Waals surface area contributed by atoms with Crippen LogP contribution in [0.5, 0.6) is 11.5 Å². The molecule has 4 N–H and O–H groups in total. The standard InChI is InChI=1S/C24H20N8O4/c1-32-8-7-27-22(32)14-3-2-4-15(10-14)35-24-30-21-19(29-18(33)12-28-21)23(31-24)36-17-9-13(11-25)5-6-16(17)20(26)34/h2-6,9-10H,7-8,12H2,1H3,(H2,26,34)(H,29,33)(H,28,30,31). The number of primary amides is 1. The van der Waals surface area contributed by atoms with Crippen molar-refractivity contribution in [1.29, 1.82) is 5.26 Å². The molecule has 0 unspecified atom stereocenters. The van der Waals surface area contributed by atoms with E-state index in [4.69, 9.17) is 15.2 Å². The van der Waals surface area contributed by atoms with Crippen LogP contribution in [0.1, 0.15) is 21.5 Å².